The summed E-state index contributed by atoms with van der Waals surface area (Å²) in [6.45, 7) is 4.96. The third kappa shape index (κ3) is 3.13. The monoisotopic (exact) mass is 290 g/mol. The molecule has 2 atom stereocenters. The van der Waals surface area contributed by atoms with E-state index in [1.54, 1.807) is 0 Å². The van der Waals surface area contributed by atoms with Crippen LogP contribution >= 0.6 is 0 Å². The number of nitrogens with zero attached hydrogens (tertiary/aromatic N) is 1. The number of benzene rings is 1. The molecule has 5 nitrogen and oxygen atoms in total. The van der Waals surface area contributed by atoms with Crippen LogP contribution in [0.1, 0.15) is 25.3 Å². The molecule has 5 heteroatoms. The Morgan fingerprint density at radius 2 is 2.05 bits per heavy atom. The number of amides is 1. The predicted molar refractivity (Wildman–Crippen MR) is 79.2 cm³/mol. The van der Waals surface area contributed by atoms with Crippen molar-refractivity contribution < 1.29 is 14.3 Å². The van der Waals surface area contributed by atoms with Crippen LogP contribution in [0.4, 0.5) is 0 Å². The average molecular weight is 290 g/mol. The zero-order valence-corrected chi connectivity index (χ0v) is 12.4. The smallest absolute Gasteiger partial charge is 0.221 e. The van der Waals surface area contributed by atoms with Crippen LogP contribution in [0.5, 0.6) is 11.5 Å². The number of carbonyl (C=O) groups is 1. The van der Waals surface area contributed by atoms with Gasteiger partial charge in [-0.25, -0.2) is 0 Å². The van der Waals surface area contributed by atoms with Crippen LogP contribution in [0.2, 0.25) is 0 Å². The van der Waals surface area contributed by atoms with Gasteiger partial charge in [-0.15, -0.1) is 0 Å². The summed E-state index contributed by atoms with van der Waals surface area (Å²) in [6, 6.07) is 6.53. The molecule has 2 aliphatic rings. The van der Waals surface area contributed by atoms with Gasteiger partial charge in [-0.1, -0.05) is 6.07 Å². The minimum absolute atomic E-state index is 0.0292. The first-order chi connectivity index (χ1) is 10.1. The Bertz CT molecular complexity index is 532. The van der Waals surface area contributed by atoms with E-state index in [4.69, 9.17) is 15.2 Å². The molecule has 2 aliphatic heterocycles. The molecular weight excluding hydrogens is 268 g/mol. The first-order valence-corrected chi connectivity index (χ1v) is 7.55. The maximum absolute atomic E-state index is 11.4. The molecule has 1 saturated heterocycles. The van der Waals surface area contributed by atoms with E-state index >= 15 is 0 Å². The van der Waals surface area contributed by atoms with Gasteiger partial charge in [-0.3, -0.25) is 9.69 Å². The molecule has 1 aromatic rings. The van der Waals surface area contributed by atoms with Gasteiger partial charge in [0.1, 0.15) is 13.2 Å². The summed E-state index contributed by atoms with van der Waals surface area (Å²) in [5.74, 6) is 1.41. The van der Waals surface area contributed by atoms with Crippen molar-refractivity contribution in [3.05, 3.63) is 23.8 Å². The van der Waals surface area contributed by atoms with E-state index in [1.807, 2.05) is 12.1 Å². The number of hydrogen-bond donors (Lipinski definition) is 1. The molecule has 0 spiro atoms. The highest BCUT2D eigenvalue weighted by atomic mass is 16.6. The maximum Gasteiger partial charge on any atom is 0.221 e. The quantitative estimate of drug-likeness (QED) is 0.917. The summed E-state index contributed by atoms with van der Waals surface area (Å²) in [7, 11) is 0. The number of fused-ring (bicyclic) bond motifs is 1. The number of ether oxygens (including phenoxy) is 2. The van der Waals surface area contributed by atoms with Crippen LogP contribution in [0.25, 0.3) is 0 Å². The van der Waals surface area contributed by atoms with E-state index in [1.165, 1.54) is 5.56 Å². The molecule has 1 aromatic carbocycles. The molecule has 114 valence electrons. The molecule has 21 heavy (non-hydrogen) atoms. The Labute approximate surface area is 125 Å². The summed E-state index contributed by atoms with van der Waals surface area (Å²) in [5.41, 5.74) is 6.63. The van der Waals surface area contributed by atoms with Crippen LogP contribution in [0.15, 0.2) is 18.2 Å². The number of hydrogen-bond acceptors (Lipinski definition) is 4. The zero-order valence-electron chi connectivity index (χ0n) is 12.4. The van der Waals surface area contributed by atoms with Gasteiger partial charge in [-0.2, -0.15) is 0 Å². The molecule has 0 saturated carbocycles. The van der Waals surface area contributed by atoms with Crippen LogP contribution in [0.3, 0.4) is 0 Å². The van der Waals surface area contributed by atoms with Crippen molar-refractivity contribution in [1.29, 1.82) is 0 Å². The van der Waals surface area contributed by atoms with Gasteiger partial charge in [0.05, 0.1) is 5.92 Å². The normalized spacial score (nSPS) is 25.6. The Morgan fingerprint density at radius 3 is 2.81 bits per heavy atom. The molecule has 0 radical (unpaired) electrons. The summed E-state index contributed by atoms with van der Waals surface area (Å²) in [6.07, 6.45) is 1.91. The first kappa shape index (κ1) is 14.2. The molecule has 0 aromatic heterocycles. The number of likely N-dealkylation sites (tertiary alicyclic amines) is 1. The van der Waals surface area contributed by atoms with Gasteiger partial charge in [-0.05, 0) is 37.5 Å². The fourth-order valence-electron chi connectivity index (χ4n) is 3.05. The van der Waals surface area contributed by atoms with E-state index in [9.17, 15) is 4.79 Å². The Hall–Kier alpha value is -1.75. The lowest BCUT2D eigenvalue weighted by molar-refractivity contribution is -0.124. The van der Waals surface area contributed by atoms with Crippen LogP contribution in [-0.2, 0) is 11.3 Å². The van der Waals surface area contributed by atoms with Gasteiger partial charge < -0.3 is 15.2 Å². The molecular formula is C16H22N2O3. The molecule has 2 N–H and O–H groups in total. The Balaban J connectivity index is 1.71. The fraction of sp³-hybridized carbons (Fsp3) is 0.562. The van der Waals surface area contributed by atoms with Crippen molar-refractivity contribution in [2.75, 3.05) is 19.8 Å². The number of carbonyl (C=O) groups excluding carboxylic acids is 1. The van der Waals surface area contributed by atoms with Gasteiger partial charge in [0.2, 0.25) is 5.91 Å². The van der Waals surface area contributed by atoms with Crippen molar-refractivity contribution in [1.82, 2.24) is 4.90 Å². The Kier molecular flexibility index (Phi) is 4.01. The van der Waals surface area contributed by atoms with E-state index in [-0.39, 0.29) is 11.8 Å². The molecule has 0 bridgehead atoms. The molecule has 0 unspecified atom stereocenters. The highest BCUT2D eigenvalue weighted by molar-refractivity contribution is 5.77. The van der Waals surface area contributed by atoms with E-state index in [2.05, 4.69) is 17.9 Å². The summed E-state index contributed by atoms with van der Waals surface area (Å²) < 4.78 is 11.2. The maximum atomic E-state index is 11.4. The number of primary amides is 1. The number of piperidine rings is 1. The molecule has 0 aliphatic carbocycles. The van der Waals surface area contributed by atoms with Crippen LogP contribution < -0.4 is 15.2 Å². The SMILES string of the molecule is C[C@@H]1CC[C@H](C(N)=O)CN1Cc1ccc2c(c1)OCCO2. The van der Waals surface area contributed by atoms with Gasteiger partial charge in [0.15, 0.2) is 11.5 Å². The van der Waals surface area contributed by atoms with Crippen LogP contribution in [0, 0.1) is 5.92 Å². The number of rotatable bonds is 3. The zero-order chi connectivity index (χ0) is 14.8. The summed E-state index contributed by atoms with van der Waals surface area (Å²) in [5, 5.41) is 0. The standard InChI is InChI=1S/C16H22N2O3/c1-11-2-4-13(16(17)19)10-18(11)9-12-3-5-14-15(8-12)21-7-6-20-14/h3,5,8,11,13H,2,4,6-7,9-10H2,1H3,(H2,17,19)/t11-,13+/m1/s1. The first-order valence-electron chi connectivity index (χ1n) is 7.55. The number of nitrogens with two attached hydrogens (primary N) is 1. The minimum Gasteiger partial charge on any atom is -0.486 e. The summed E-state index contributed by atoms with van der Waals surface area (Å²) >= 11 is 0. The highest BCUT2D eigenvalue weighted by Crippen LogP contribution is 2.32. The minimum atomic E-state index is -0.186. The van der Waals surface area contributed by atoms with Crippen molar-refractivity contribution >= 4 is 5.91 Å². The molecule has 1 amide bonds. The van der Waals surface area contributed by atoms with E-state index < -0.39 is 0 Å². The van der Waals surface area contributed by atoms with Crippen molar-refractivity contribution in [3.63, 3.8) is 0 Å². The third-order valence-electron chi connectivity index (χ3n) is 4.41. The Morgan fingerprint density at radius 1 is 1.29 bits per heavy atom. The topological polar surface area (TPSA) is 64.8 Å². The molecule has 2 heterocycles. The second-order valence-electron chi connectivity index (χ2n) is 5.93. The average Bonchev–Trinajstić information content (AvgIpc) is 2.49. The fourth-order valence-corrected chi connectivity index (χ4v) is 3.05. The summed E-state index contributed by atoms with van der Waals surface area (Å²) in [4.78, 5) is 13.7. The predicted octanol–water partition coefficient (Wildman–Crippen LogP) is 1.54. The molecule has 1 fully saturated rings. The highest BCUT2D eigenvalue weighted by Gasteiger charge is 2.28. The van der Waals surface area contributed by atoms with Crippen LogP contribution in [-0.4, -0.2) is 36.6 Å². The second kappa shape index (κ2) is 5.93. The largest absolute Gasteiger partial charge is 0.486 e. The van der Waals surface area contributed by atoms with Crippen molar-refractivity contribution in [2.24, 2.45) is 11.7 Å². The lowest BCUT2D eigenvalue weighted by Gasteiger charge is -2.37. The van der Waals surface area contributed by atoms with Crippen molar-refractivity contribution in [3.8, 4) is 11.5 Å². The van der Waals surface area contributed by atoms with Gasteiger partial charge >= 0.3 is 0 Å². The third-order valence-corrected chi connectivity index (χ3v) is 4.41. The van der Waals surface area contributed by atoms with Gasteiger partial charge in [0, 0.05) is 19.1 Å². The van der Waals surface area contributed by atoms with Gasteiger partial charge in [0.25, 0.3) is 0 Å². The van der Waals surface area contributed by atoms with E-state index in [0.717, 1.165) is 37.4 Å². The second-order valence-corrected chi connectivity index (χ2v) is 5.93. The lowest BCUT2D eigenvalue weighted by Crippen LogP contribution is -2.45. The van der Waals surface area contributed by atoms with E-state index in [0.29, 0.717) is 19.3 Å². The van der Waals surface area contributed by atoms with Crippen molar-refractivity contribution in [2.45, 2.75) is 32.4 Å². The lowest BCUT2D eigenvalue weighted by atomic mass is 9.92. The molecule has 3 rings (SSSR count).